The van der Waals surface area contributed by atoms with Crippen molar-refractivity contribution in [2.24, 2.45) is 0 Å². The van der Waals surface area contributed by atoms with E-state index in [0.717, 1.165) is 11.3 Å². The summed E-state index contributed by atoms with van der Waals surface area (Å²) in [5.74, 6) is -1.13. The average molecular weight is 387 g/mol. The van der Waals surface area contributed by atoms with Crippen LogP contribution in [0, 0.1) is 6.92 Å². The third-order valence-corrected chi connectivity index (χ3v) is 5.22. The summed E-state index contributed by atoms with van der Waals surface area (Å²) in [7, 11) is -4.05. The Bertz CT molecular complexity index is 880. The van der Waals surface area contributed by atoms with Crippen LogP contribution in [0.15, 0.2) is 27.0 Å². The van der Waals surface area contributed by atoms with Gasteiger partial charge in [0.1, 0.15) is 16.3 Å². The van der Waals surface area contributed by atoms with Gasteiger partial charge < -0.3 is 13.9 Å². The summed E-state index contributed by atoms with van der Waals surface area (Å²) in [6.45, 7) is 5.01. The molecule has 2 aromatic rings. The third-order valence-electron chi connectivity index (χ3n) is 2.97. The highest BCUT2D eigenvalue weighted by Crippen LogP contribution is 2.32. The van der Waals surface area contributed by atoms with Crippen LogP contribution in [0.25, 0.3) is 0 Å². The van der Waals surface area contributed by atoms with Crippen molar-refractivity contribution in [1.29, 1.82) is 0 Å². The molecule has 25 heavy (non-hydrogen) atoms. The summed E-state index contributed by atoms with van der Waals surface area (Å²) in [5.41, 5.74) is -0.240. The van der Waals surface area contributed by atoms with Crippen molar-refractivity contribution >= 4 is 38.3 Å². The number of nitrogens with one attached hydrogen (secondary N) is 1. The first-order valence-electron chi connectivity index (χ1n) is 7.35. The van der Waals surface area contributed by atoms with Crippen LogP contribution in [0.2, 0.25) is 0 Å². The van der Waals surface area contributed by atoms with Crippen LogP contribution in [0.4, 0.5) is 5.00 Å². The molecule has 2 rings (SSSR count). The number of hydrogen-bond acceptors (Lipinski definition) is 8. The fraction of sp³-hybridized carbons (Fsp3) is 0.333. The molecule has 0 spiro atoms. The Labute approximate surface area is 148 Å². The number of hydrogen-bond donors (Lipinski definition) is 1. The predicted molar refractivity (Wildman–Crippen MR) is 90.5 cm³/mol. The van der Waals surface area contributed by atoms with Crippen LogP contribution < -0.4 is 4.72 Å². The second-order valence-corrected chi connectivity index (χ2v) is 7.26. The number of thiophene rings is 1. The SMILES string of the molecule is CCOC(=O)c1csc(NS(=O)(=O)c2ccc(C)o2)c1C(=O)OCC. The molecule has 0 saturated heterocycles. The van der Waals surface area contributed by atoms with E-state index in [1.54, 1.807) is 20.8 Å². The maximum atomic E-state index is 12.4. The molecule has 0 aliphatic carbocycles. The zero-order valence-corrected chi connectivity index (χ0v) is 15.5. The van der Waals surface area contributed by atoms with Crippen LogP contribution >= 0.6 is 11.3 Å². The number of sulfonamides is 1. The van der Waals surface area contributed by atoms with E-state index in [4.69, 9.17) is 13.9 Å². The van der Waals surface area contributed by atoms with E-state index in [1.165, 1.54) is 17.5 Å². The predicted octanol–water partition coefficient (Wildman–Crippen LogP) is 2.80. The maximum Gasteiger partial charge on any atom is 0.342 e. The first-order valence-corrected chi connectivity index (χ1v) is 9.71. The van der Waals surface area contributed by atoms with Crippen LogP contribution in [0.1, 0.15) is 40.3 Å². The van der Waals surface area contributed by atoms with Crippen molar-refractivity contribution in [3.63, 3.8) is 0 Å². The Hall–Kier alpha value is -2.33. The van der Waals surface area contributed by atoms with E-state index in [-0.39, 0.29) is 34.4 Å². The molecule has 0 amide bonds. The normalized spacial score (nSPS) is 11.2. The average Bonchev–Trinajstić information content (AvgIpc) is 3.14. The highest BCUT2D eigenvalue weighted by atomic mass is 32.2. The van der Waals surface area contributed by atoms with E-state index in [1.807, 2.05) is 0 Å². The highest BCUT2D eigenvalue weighted by molar-refractivity contribution is 7.92. The van der Waals surface area contributed by atoms with Gasteiger partial charge in [-0.15, -0.1) is 11.3 Å². The number of esters is 2. The molecule has 0 aromatic carbocycles. The van der Waals surface area contributed by atoms with Gasteiger partial charge in [0.2, 0.25) is 5.09 Å². The highest BCUT2D eigenvalue weighted by Gasteiger charge is 2.29. The van der Waals surface area contributed by atoms with Gasteiger partial charge in [0.05, 0.1) is 18.8 Å². The first-order chi connectivity index (χ1) is 11.8. The summed E-state index contributed by atoms with van der Waals surface area (Å²) >= 11 is 0.879. The second kappa shape index (κ2) is 7.70. The zero-order valence-electron chi connectivity index (χ0n) is 13.8. The molecule has 0 unspecified atom stereocenters. The molecular formula is C15H17NO7S2. The molecule has 0 saturated carbocycles. The number of furan rings is 1. The Morgan fingerprint density at radius 2 is 1.80 bits per heavy atom. The fourth-order valence-corrected chi connectivity index (χ4v) is 4.14. The van der Waals surface area contributed by atoms with Gasteiger partial charge in [-0.25, -0.2) is 9.59 Å². The van der Waals surface area contributed by atoms with Gasteiger partial charge in [-0.1, -0.05) is 0 Å². The minimum absolute atomic E-state index is 0.0458. The van der Waals surface area contributed by atoms with Gasteiger partial charge >= 0.3 is 11.9 Å². The topological polar surface area (TPSA) is 112 Å². The smallest absolute Gasteiger partial charge is 0.342 e. The molecule has 0 radical (unpaired) electrons. The Kier molecular flexibility index (Phi) is 5.85. The van der Waals surface area contributed by atoms with Crippen molar-refractivity contribution < 1.29 is 31.9 Å². The van der Waals surface area contributed by atoms with Gasteiger partial charge in [-0.05, 0) is 32.9 Å². The van der Waals surface area contributed by atoms with Crippen molar-refractivity contribution in [1.82, 2.24) is 0 Å². The monoisotopic (exact) mass is 387 g/mol. The molecule has 0 fully saturated rings. The lowest BCUT2D eigenvalue weighted by atomic mass is 10.2. The van der Waals surface area contributed by atoms with E-state index >= 15 is 0 Å². The molecule has 0 aliphatic heterocycles. The number of rotatable bonds is 7. The zero-order chi connectivity index (χ0) is 18.6. The van der Waals surface area contributed by atoms with Gasteiger partial charge in [0.15, 0.2) is 0 Å². The Balaban J connectivity index is 2.43. The summed E-state index contributed by atoms with van der Waals surface area (Å²) in [5, 5.41) is 0.997. The number of anilines is 1. The van der Waals surface area contributed by atoms with Gasteiger partial charge in [0.25, 0.3) is 10.0 Å². The van der Waals surface area contributed by atoms with Crippen LogP contribution in [-0.4, -0.2) is 33.6 Å². The van der Waals surface area contributed by atoms with Crippen molar-refractivity contribution in [3.8, 4) is 0 Å². The van der Waals surface area contributed by atoms with Crippen LogP contribution in [0.5, 0.6) is 0 Å². The molecular weight excluding hydrogens is 370 g/mol. The molecule has 2 heterocycles. The number of ether oxygens (including phenoxy) is 2. The van der Waals surface area contributed by atoms with Crippen molar-refractivity contribution in [2.45, 2.75) is 25.9 Å². The fourth-order valence-electron chi connectivity index (χ4n) is 1.93. The molecule has 1 N–H and O–H groups in total. The lowest BCUT2D eigenvalue weighted by Crippen LogP contribution is -2.17. The molecule has 0 bridgehead atoms. The Morgan fingerprint density at radius 3 is 2.36 bits per heavy atom. The lowest BCUT2D eigenvalue weighted by Gasteiger charge is -2.08. The molecule has 10 heteroatoms. The second-order valence-electron chi connectivity index (χ2n) is 4.77. The van der Waals surface area contributed by atoms with Crippen LogP contribution in [0.3, 0.4) is 0 Å². The minimum Gasteiger partial charge on any atom is -0.462 e. The van der Waals surface area contributed by atoms with Gasteiger partial charge in [-0.3, -0.25) is 4.72 Å². The van der Waals surface area contributed by atoms with E-state index in [0.29, 0.717) is 5.76 Å². The summed E-state index contributed by atoms with van der Waals surface area (Å²) in [6.07, 6.45) is 0. The van der Waals surface area contributed by atoms with Crippen molar-refractivity contribution in [2.75, 3.05) is 17.9 Å². The number of carbonyl (C=O) groups excluding carboxylic acids is 2. The van der Waals surface area contributed by atoms with Gasteiger partial charge in [0, 0.05) is 5.38 Å². The number of aryl methyl sites for hydroxylation is 1. The summed E-state index contributed by atoms with van der Waals surface area (Å²) in [6, 6.07) is 2.79. The molecule has 0 aliphatic rings. The summed E-state index contributed by atoms with van der Waals surface area (Å²) < 4.78 is 42.0. The standard InChI is InChI=1S/C15H17NO7S2/c1-4-21-14(17)10-8-24-13(12(10)15(18)22-5-2)16-25(19,20)11-7-6-9(3)23-11/h6-8,16H,4-5H2,1-3H3. The molecule has 2 aromatic heterocycles. The maximum absolute atomic E-state index is 12.4. The minimum atomic E-state index is -4.05. The van der Waals surface area contributed by atoms with E-state index in [9.17, 15) is 18.0 Å². The number of carbonyl (C=O) groups is 2. The largest absolute Gasteiger partial charge is 0.462 e. The van der Waals surface area contributed by atoms with Crippen LogP contribution in [-0.2, 0) is 19.5 Å². The van der Waals surface area contributed by atoms with Gasteiger partial charge in [-0.2, -0.15) is 8.42 Å². The lowest BCUT2D eigenvalue weighted by molar-refractivity contribution is 0.0481. The molecule has 136 valence electrons. The Morgan fingerprint density at radius 1 is 1.16 bits per heavy atom. The van der Waals surface area contributed by atoms with E-state index in [2.05, 4.69) is 4.72 Å². The third kappa shape index (κ3) is 4.20. The molecule has 8 nitrogen and oxygen atoms in total. The first kappa shape index (κ1) is 19.0. The summed E-state index contributed by atoms with van der Waals surface area (Å²) in [4.78, 5) is 24.2. The van der Waals surface area contributed by atoms with Crippen molar-refractivity contribution in [3.05, 3.63) is 34.4 Å². The quantitative estimate of drug-likeness (QED) is 0.727. The molecule has 0 atom stereocenters. The van der Waals surface area contributed by atoms with E-state index < -0.39 is 22.0 Å².